The van der Waals surface area contributed by atoms with Crippen molar-refractivity contribution in [2.45, 2.75) is 51.6 Å². The van der Waals surface area contributed by atoms with Gasteiger partial charge >= 0.3 is 0 Å². The van der Waals surface area contributed by atoms with Crippen LogP contribution < -0.4 is 15.8 Å². The molecule has 0 spiro atoms. The van der Waals surface area contributed by atoms with Gasteiger partial charge in [0.1, 0.15) is 5.82 Å². The number of nitrogens with one attached hydrogen (secondary N) is 1. The lowest BCUT2D eigenvalue weighted by Crippen LogP contribution is -2.40. The largest absolute Gasteiger partial charge is 0.476 e. The van der Waals surface area contributed by atoms with Crippen LogP contribution in [0.25, 0.3) is 0 Å². The summed E-state index contributed by atoms with van der Waals surface area (Å²) in [5.41, 5.74) is 5.76. The molecule has 118 valence electrons. The van der Waals surface area contributed by atoms with Crippen LogP contribution in [-0.2, 0) is 0 Å². The van der Waals surface area contributed by atoms with E-state index in [-0.39, 0.29) is 0 Å². The van der Waals surface area contributed by atoms with Gasteiger partial charge in [0.05, 0.1) is 17.9 Å². The average Bonchev–Trinajstić information content (AvgIpc) is 2.48. The molecule has 0 radical (unpaired) electrons. The van der Waals surface area contributed by atoms with Gasteiger partial charge in [-0.1, -0.05) is 13.8 Å². The number of nitrogens with two attached hydrogens (primary N) is 1. The number of hydrogen-bond donors (Lipinski definition) is 3. The van der Waals surface area contributed by atoms with Crippen molar-refractivity contribution in [2.24, 2.45) is 5.92 Å². The number of nitrogen functional groups attached to an aromatic ring is 1. The number of rotatable bonds is 6. The Hall–Kier alpha value is -1.49. The minimum atomic E-state index is -0.625. The average molecular weight is 293 g/mol. The molecule has 5 heteroatoms. The Bertz CT molecular complexity index is 457. The Morgan fingerprint density at radius 1 is 1.43 bits per heavy atom. The van der Waals surface area contributed by atoms with Crippen LogP contribution in [0.2, 0.25) is 0 Å². The Labute approximate surface area is 126 Å². The summed E-state index contributed by atoms with van der Waals surface area (Å²) in [5, 5.41) is 13.8. The molecule has 1 saturated carbocycles. The summed E-state index contributed by atoms with van der Waals surface area (Å²) < 4.78 is 5.52. The molecule has 5 nitrogen and oxygen atoms in total. The van der Waals surface area contributed by atoms with Crippen molar-refractivity contribution in [1.29, 1.82) is 0 Å². The maximum Gasteiger partial charge on any atom is 0.239 e. The van der Waals surface area contributed by atoms with Gasteiger partial charge < -0.3 is 20.9 Å². The number of aliphatic hydroxyl groups is 1. The molecule has 4 N–H and O–H groups in total. The molecule has 0 aliphatic heterocycles. The third-order valence-corrected chi connectivity index (χ3v) is 4.14. The van der Waals surface area contributed by atoms with Crippen molar-refractivity contribution < 1.29 is 9.84 Å². The van der Waals surface area contributed by atoms with E-state index in [1.807, 2.05) is 13.0 Å². The van der Waals surface area contributed by atoms with Gasteiger partial charge in [0.15, 0.2) is 0 Å². The Morgan fingerprint density at radius 2 is 2.14 bits per heavy atom. The second-order valence-electron chi connectivity index (χ2n) is 6.20. The van der Waals surface area contributed by atoms with Crippen molar-refractivity contribution >= 4 is 11.5 Å². The normalized spacial score (nSPS) is 25.6. The molecule has 2 rings (SSSR count). The van der Waals surface area contributed by atoms with Gasteiger partial charge in [0.25, 0.3) is 0 Å². The highest BCUT2D eigenvalue weighted by molar-refractivity contribution is 5.53. The van der Waals surface area contributed by atoms with Gasteiger partial charge in [0, 0.05) is 6.54 Å². The lowest BCUT2D eigenvalue weighted by atomic mass is 9.79. The van der Waals surface area contributed by atoms with Gasteiger partial charge in [-0.25, -0.2) is 0 Å². The van der Waals surface area contributed by atoms with Gasteiger partial charge in [-0.05, 0) is 50.2 Å². The van der Waals surface area contributed by atoms with Crippen molar-refractivity contribution in [3.63, 3.8) is 0 Å². The van der Waals surface area contributed by atoms with E-state index in [1.165, 1.54) is 0 Å². The molecule has 0 amide bonds. The third kappa shape index (κ3) is 4.49. The predicted octanol–water partition coefficient (Wildman–Crippen LogP) is 2.81. The minimum Gasteiger partial charge on any atom is -0.476 e. The first-order valence-electron chi connectivity index (χ1n) is 7.88. The molecule has 1 aliphatic rings. The summed E-state index contributed by atoms with van der Waals surface area (Å²) in [6.07, 6.45) is 4.76. The van der Waals surface area contributed by atoms with E-state index in [0.717, 1.165) is 32.1 Å². The van der Waals surface area contributed by atoms with E-state index in [9.17, 15) is 5.11 Å². The van der Waals surface area contributed by atoms with Crippen LogP contribution in [0.15, 0.2) is 12.1 Å². The molecule has 1 fully saturated rings. The Balaban J connectivity index is 1.93. The van der Waals surface area contributed by atoms with E-state index >= 15 is 0 Å². The van der Waals surface area contributed by atoms with Crippen LogP contribution in [0.5, 0.6) is 5.88 Å². The summed E-state index contributed by atoms with van der Waals surface area (Å²) >= 11 is 0. The molecule has 1 aromatic rings. The second kappa shape index (κ2) is 6.98. The van der Waals surface area contributed by atoms with Gasteiger partial charge in [-0.15, -0.1) is 0 Å². The van der Waals surface area contributed by atoms with Crippen molar-refractivity contribution in [2.75, 3.05) is 24.2 Å². The quantitative estimate of drug-likeness (QED) is 0.751. The van der Waals surface area contributed by atoms with E-state index < -0.39 is 5.60 Å². The molecule has 0 bridgehead atoms. The molecule has 21 heavy (non-hydrogen) atoms. The molecule has 0 aromatic carbocycles. The topological polar surface area (TPSA) is 80.4 Å². The zero-order valence-corrected chi connectivity index (χ0v) is 13.1. The monoisotopic (exact) mass is 293 g/mol. The van der Waals surface area contributed by atoms with Crippen LogP contribution in [-0.4, -0.2) is 28.8 Å². The minimum absolute atomic E-state index is 0.464. The highest BCUT2D eigenvalue weighted by Gasteiger charge is 2.31. The maximum absolute atomic E-state index is 10.6. The fourth-order valence-electron chi connectivity index (χ4n) is 2.60. The number of ether oxygens (including phenoxy) is 1. The van der Waals surface area contributed by atoms with Crippen LogP contribution in [0, 0.1) is 5.92 Å². The van der Waals surface area contributed by atoms with Crippen molar-refractivity contribution in [3.8, 4) is 5.88 Å². The first kappa shape index (κ1) is 15.9. The Kier molecular flexibility index (Phi) is 5.28. The van der Waals surface area contributed by atoms with E-state index in [0.29, 0.717) is 36.5 Å². The molecule has 0 saturated heterocycles. The SMILES string of the molecule is CCCOc1nc(NCC2(O)CCC(C)CC2)ccc1N. The van der Waals surface area contributed by atoms with Gasteiger partial charge in [-0.2, -0.15) is 4.98 Å². The first-order chi connectivity index (χ1) is 10.0. The zero-order chi connectivity index (χ0) is 15.3. The highest BCUT2D eigenvalue weighted by atomic mass is 16.5. The summed E-state index contributed by atoms with van der Waals surface area (Å²) in [6, 6.07) is 3.61. The summed E-state index contributed by atoms with van der Waals surface area (Å²) in [4.78, 5) is 4.37. The summed E-state index contributed by atoms with van der Waals surface area (Å²) in [7, 11) is 0. The molecule has 1 aromatic heterocycles. The summed E-state index contributed by atoms with van der Waals surface area (Å²) in [6.45, 7) is 5.40. The number of aromatic nitrogens is 1. The van der Waals surface area contributed by atoms with Crippen molar-refractivity contribution in [1.82, 2.24) is 4.98 Å². The maximum atomic E-state index is 10.6. The van der Waals surface area contributed by atoms with Crippen LogP contribution in [0.3, 0.4) is 0 Å². The van der Waals surface area contributed by atoms with Crippen LogP contribution >= 0.6 is 0 Å². The smallest absolute Gasteiger partial charge is 0.239 e. The van der Waals surface area contributed by atoms with Crippen LogP contribution in [0.1, 0.15) is 46.0 Å². The highest BCUT2D eigenvalue weighted by Crippen LogP contribution is 2.32. The molecule has 0 unspecified atom stereocenters. The number of pyridine rings is 1. The van der Waals surface area contributed by atoms with Crippen molar-refractivity contribution in [3.05, 3.63) is 12.1 Å². The lowest BCUT2D eigenvalue weighted by Gasteiger charge is -2.35. The first-order valence-corrected chi connectivity index (χ1v) is 7.88. The Morgan fingerprint density at radius 3 is 2.81 bits per heavy atom. The fourth-order valence-corrected chi connectivity index (χ4v) is 2.60. The third-order valence-electron chi connectivity index (χ3n) is 4.14. The molecular weight excluding hydrogens is 266 g/mol. The summed E-state index contributed by atoms with van der Waals surface area (Å²) in [5.74, 6) is 1.88. The van der Waals surface area contributed by atoms with Gasteiger partial charge in [0.2, 0.25) is 5.88 Å². The zero-order valence-electron chi connectivity index (χ0n) is 13.1. The molecule has 0 atom stereocenters. The fraction of sp³-hybridized carbons (Fsp3) is 0.688. The lowest BCUT2D eigenvalue weighted by molar-refractivity contribution is 0.00494. The standard InChI is InChI=1S/C16H27N3O2/c1-3-10-21-15-13(17)4-5-14(19-15)18-11-16(20)8-6-12(2)7-9-16/h4-5,12,20H,3,6-11,17H2,1-2H3,(H,18,19). The number of anilines is 2. The van der Waals surface area contributed by atoms with Crippen LogP contribution in [0.4, 0.5) is 11.5 Å². The number of nitrogens with zero attached hydrogens (tertiary/aromatic N) is 1. The second-order valence-corrected chi connectivity index (χ2v) is 6.20. The molecular formula is C16H27N3O2. The van der Waals surface area contributed by atoms with E-state index in [1.54, 1.807) is 6.07 Å². The molecule has 1 heterocycles. The van der Waals surface area contributed by atoms with E-state index in [2.05, 4.69) is 17.2 Å². The molecule has 1 aliphatic carbocycles. The van der Waals surface area contributed by atoms with E-state index in [4.69, 9.17) is 10.5 Å². The predicted molar refractivity (Wildman–Crippen MR) is 85.5 cm³/mol. The van der Waals surface area contributed by atoms with Gasteiger partial charge in [-0.3, -0.25) is 0 Å². The number of hydrogen-bond acceptors (Lipinski definition) is 5.